The molecule has 0 bridgehead atoms. The molecule has 5 heteroatoms. The van der Waals surface area contributed by atoms with Crippen LogP contribution >= 0.6 is 0 Å². The van der Waals surface area contributed by atoms with Crippen LogP contribution < -0.4 is 5.43 Å². The standard InChI is InChI=1S/C15H16N2O2.Nd/c18-15(19)16-17(11-13-7-3-1-4-8-13)12-14-9-5-2-6-10-14;/h1-10,16H,11-12H2,(H,18,19);. The molecule has 0 aliphatic carbocycles. The zero-order valence-electron chi connectivity index (χ0n) is 11.0. The zero-order valence-corrected chi connectivity index (χ0v) is 14.2. The van der Waals surface area contributed by atoms with E-state index in [9.17, 15) is 4.79 Å². The molecule has 20 heavy (non-hydrogen) atoms. The predicted molar refractivity (Wildman–Crippen MR) is 73.3 cm³/mol. The number of rotatable bonds is 5. The van der Waals surface area contributed by atoms with Gasteiger partial charge in [0.25, 0.3) is 0 Å². The van der Waals surface area contributed by atoms with E-state index in [2.05, 4.69) is 5.43 Å². The normalized spacial score (nSPS) is 9.85. The van der Waals surface area contributed by atoms with Gasteiger partial charge in [0, 0.05) is 53.9 Å². The van der Waals surface area contributed by atoms with Crippen molar-refractivity contribution in [3.05, 3.63) is 71.8 Å². The van der Waals surface area contributed by atoms with Crippen LogP contribution in [0.25, 0.3) is 0 Å². The number of benzene rings is 2. The summed E-state index contributed by atoms with van der Waals surface area (Å²) in [5, 5.41) is 10.6. The van der Waals surface area contributed by atoms with Gasteiger partial charge in [-0.25, -0.2) is 9.80 Å². The van der Waals surface area contributed by atoms with E-state index in [1.807, 2.05) is 60.7 Å². The van der Waals surface area contributed by atoms with Crippen LogP contribution in [0.3, 0.4) is 0 Å². The Balaban J connectivity index is 0.00000200. The molecule has 1 amide bonds. The molecule has 102 valence electrons. The number of nitrogens with zero attached hydrogens (tertiary/aromatic N) is 1. The van der Waals surface area contributed by atoms with Crippen molar-refractivity contribution in [2.45, 2.75) is 13.1 Å². The maximum atomic E-state index is 10.8. The minimum absolute atomic E-state index is 0. The molecule has 4 nitrogen and oxygen atoms in total. The fourth-order valence-electron chi connectivity index (χ4n) is 1.88. The smallest absolute Gasteiger partial charge is 0.419 e. The van der Waals surface area contributed by atoms with Gasteiger partial charge in [-0.1, -0.05) is 60.7 Å². The Kier molecular flexibility index (Phi) is 7.72. The van der Waals surface area contributed by atoms with Crippen molar-refractivity contribution in [1.82, 2.24) is 10.4 Å². The van der Waals surface area contributed by atoms with Crippen LogP contribution in [0.15, 0.2) is 60.7 Å². The van der Waals surface area contributed by atoms with E-state index in [-0.39, 0.29) is 40.8 Å². The average Bonchev–Trinajstić information content (AvgIpc) is 2.40. The summed E-state index contributed by atoms with van der Waals surface area (Å²) in [6.07, 6.45) is -1.05. The van der Waals surface area contributed by atoms with Crippen molar-refractivity contribution in [1.29, 1.82) is 0 Å². The van der Waals surface area contributed by atoms with E-state index in [0.717, 1.165) is 11.1 Å². The third kappa shape index (κ3) is 5.98. The van der Waals surface area contributed by atoms with Gasteiger partial charge in [0.15, 0.2) is 0 Å². The Morgan fingerprint density at radius 1 is 0.900 bits per heavy atom. The fraction of sp³-hybridized carbons (Fsp3) is 0.133. The van der Waals surface area contributed by atoms with Gasteiger partial charge in [-0.15, -0.1) is 0 Å². The quantitative estimate of drug-likeness (QED) is 0.759. The largest absolute Gasteiger partial charge is 0.464 e. The summed E-state index contributed by atoms with van der Waals surface area (Å²) in [6.45, 7) is 1.06. The first-order chi connectivity index (χ1) is 9.24. The summed E-state index contributed by atoms with van der Waals surface area (Å²) in [7, 11) is 0. The van der Waals surface area contributed by atoms with Crippen LogP contribution in [0.4, 0.5) is 4.79 Å². The molecule has 0 aliphatic rings. The van der Waals surface area contributed by atoms with Gasteiger partial charge >= 0.3 is 6.09 Å². The Bertz CT molecular complexity index is 478. The SMILES string of the molecule is O=C(O)NN(Cc1ccccc1)Cc1ccccc1.[Nd]. The Morgan fingerprint density at radius 2 is 1.30 bits per heavy atom. The third-order valence-electron chi connectivity index (χ3n) is 2.69. The zero-order chi connectivity index (χ0) is 13.5. The molecule has 0 saturated heterocycles. The number of amides is 1. The molecule has 0 unspecified atom stereocenters. The number of hydrogen-bond donors (Lipinski definition) is 2. The van der Waals surface area contributed by atoms with E-state index in [4.69, 9.17) is 5.11 Å². The molecule has 0 fully saturated rings. The summed E-state index contributed by atoms with van der Waals surface area (Å²) >= 11 is 0. The van der Waals surface area contributed by atoms with Crippen molar-refractivity contribution in [2.75, 3.05) is 0 Å². The Morgan fingerprint density at radius 3 is 1.65 bits per heavy atom. The molecule has 0 radical (unpaired) electrons. The number of hydrazine groups is 1. The monoisotopic (exact) mass is 398 g/mol. The second-order valence-electron chi connectivity index (χ2n) is 4.24. The second-order valence-corrected chi connectivity index (χ2v) is 4.24. The maximum absolute atomic E-state index is 10.8. The van der Waals surface area contributed by atoms with Gasteiger partial charge in [0.2, 0.25) is 0 Å². The topological polar surface area (TPSA) is 52.6 Å². The van der Waals surface area contributed by atoms with Crippen molar-refractivity contribution in [3.63, 3.8) is 0 Å². The van der Waals surface area contributed by atoms with Crippen molar-refractivity contribution < 1.29 is 50.7 Å². The van der Waals surface area contributed by atoms with Crippen molar-refractivity contribution in [2.24, 2.45) is 0 Å². The van der Waals surface area contributed by atoms with E-state index < -0.39 is 6.09 Å². The van der Waals surface area contributed by atoms with Gasteiger partial charge < -0.3 is 5.11 Å². The molecule has 2 aromatic carbocycles. The van der Waals surface area contributed by atoms with E-state index in [0.29, 0.717) is 13.1 Å². The van der Waals surface area contributed by atoms with Crippen LogP contribution in [0.1, 0.15) is 11.1 Å². The first kappa shape index (κ1) is 17.1. The minimum Gasteiger partial charge on any atom is -0.464 e. The summed E-state index contributed by atoms with van der Waals surface area (Å²) in [5.41, 5.74) is 4.55. The summed E-state index contributed by atoms with van der Waals surface area (Å²) in [4.78, 5) is 10.8. The molecule has 2 aromatic rings. The van der Waals surface area contributed by atoms with Gasteiger partial charge in [-0.3, -0.25) is 5.43 Å². The maximum Gasteiger partial charge on any atom is 0.419 e. The molecule has 0 aromatic heterocycles. The molecule has 2 rings (SSSR count). The predicted octanol–water partition coefficient (Wildman–Crippen LogP) is 2.87. The number of nitrogens with one attached hydrogen (secondary N) is 1. The van der Waals surface area contributed by atoms with Gasteiger partial charge in [0.05, 0.1) is 0 Å². The van der Waals surface area contributed by atoms with E-state index in [1.54, 1.807) is 5.01 Å². The second kappa shape index (κ2) is 9.05. The molecular weight excluding hydrogens is 384 g/mol. The van der Waals surface area contributed by atoms with Crippen LogP contribution in [0.5, 0.6) is 0 Å². The Hall–Kier alpha value is -0.979. The van der Waals surface area contributed by atoms with Gasteiger partial charge in [-0.2, -0.15) is 0 Å². The van der Waals surface area contributed by atoms with E-state index >= 15 is 0 Å². The molecule has 0 spiro atoms. The summed E-state index contributed by atoms with van der Waals surface area (Å²) in [5.74, 6) is 0. The van der Waals surface area contributed by atoms with Gasteiger partial charge in [0.1, 0.15) is 0 Å². The number of carbonyl (C=O) groups is 1. The minimum atomic E-state index is -1.05. The van der Waals surface area contributed by atoms with Gasteiger partial charge in [-0.05, 0) is 11.1 Å². The summed E-state index contributed by atoms with van der Waals surface area (Å²) < 4.78 is 0. The molecule has 0 heterocycles. The Labute approximate surface area is 151 Å². The molecule has 0 aliphatic heterocycles. The van der Waals surface area contributed by atoms with Crippen LogP contribution in [0.2, 0.25) is 0 Å². The van der Waals surface area contributed by atoms with Crippen LogP contribution in [-0.2, 0) is 13.1 Å². The van der Waals surface area contributed by atoms with Crippen LogP contribution in [0, 0.1) is 40.8 Å². The molecule has 2 N–H and O–H groups in total. The molecule has 0 saturated carbocycles. The average molecular weight is 401 g/mol. The molecule has 0 atom stereocenters. The summed E-state index contributed by atoms with van der Waals surface area (Å²) in [6, 6.07) is 19.5. The molecular formula is C15H16N2NdO2. The van der Waals surface area contributed by atoms with Crippen molar-refractivity contribution >= 4 is 6.09 Å². The fourth-order valence-corrected chi connectivity index (χ4v) is 1.88. The van der Waals surface area contributed by atoms with Crippen LogP contribution in [-0.4, -0.2) is 16.2 Å². The first-order valence-corrected chi connectivity index (χ1v) is 6.06. The number of carboxylic acid groups (broad SMARTS) is 1. The van der Waals surface area contributed by atoms with E-state index in [1.165, 1.54) is 0 Å². The van der Waals surface area contributed by atoms with Crippen molar-refractivity contribution in [3.8, 4) is 0 Å². The number of hydrogen-bond acceptors (Lipinski definition) is 2. The third-order valence-corrected chi connectivity index (χ3v) is 2.69. The first-order valence-electron chi connectivity index (χ1n) is 6.06.